The van der Waals surface area contributed by atoms with Crippen LogP contribution in [0.25, 0.3) is 0 Å². The van der Waals surface area contributed by atoms with E-state index in [0.29, 0.717) is 6.42 Å². The number of hydrogen-bond donors (Lipinski definition) is 3. The number of halogens is 1. The van der Waals surface area contributed by atoms with Crippen LogP contribution in [-0.2, 0) is 0 Å². The Morgan fingerprint density at radius 3 is 3.07 bits per heavy atom. The molecule has 0 aliphatic carbocycles. The molecule has 1 aliphatic rings. The number of nitrogens with zero attached hydrogens (tertiary/aromatic N) is 2. The van der Waals surface area contributed by atoms with Crippen LogP contribution in [0.4, 0.5) is 11.5 Å². The van der Waals surface area contributed by atoms with Crippen molar-refractivity contribution in [2.45, 2.75) is 19.4 Å². The lowest BCUT2D eigenvalue weighted by molar-refractivity contribution is 0.280. The van der Waals surface area contributed by atoms with Crippen LogP contribution < -0.4 is 10.6 Å². The molecule has 0 saturated carbocycles. The van der Waals surface area contributed by atoms with Gasteiger partial charge in [0.25, 0.3) is 0 Å². The van der Waals surface area contributed by atoms with Crippen LogP contribution in [0.5, 0.6) is 0 Å². The van der Waals surface area contributed by atoms with Gasteiger partial charge in [-0.25, -0.2) is 4.98 Å². The number of rotatable bonds is 2. The maximum absolute atomic E-state index is 8.85. The lowest BCUT2D eigenvalue weighted by Gasteiger charge is -2.27. The molecule has 0 radical (unpaired) electrons. The summed E-state index contributed by atoms with van der Waals surface area (Å²) in [6.45, 7) is 2.80. The van der Waals surface area contributed by atoms with E-state index in [1.165, 1.54) is 0 Å². The van der Waals surface area contributed by atoms with Crippen LogP contribution in [0, 0.1) is 6.92 Å². The fourth-order valence-corrected chi connectivity index (χ4v) is 1.87. The van der Waals surface area contributed by atoms with Gasteiger partial charge < -0.3 is 15.7 Å². The molecule has 0 bridgehead atoms. The second-order valence-corrected chi connectivity index (χ2v) is 3.87. The summed E-state index contributed by atoms with van der Waals surface area (Å²) in [5, 5.41) is 15.5. The van der Waals surface area contributed by atoms with Crippen molar-refractivity contribution in [3.63, 3.8) is 0 Å². The van der Waals surface area contributed by atoms with Crippen molar-refractivity contribution < 1.29 is 5.11 Å². The summed E-state index contributed by atoms with van der Waals surface area (Å²) in [6.07, 6.45) is 0.688. The molecule has 0 amide bonds. The van der Waals surface area contributed by atoms with Gasteiger partial charge >= 0.3 is 0 Å². The van der Waals surface area contributed by atoms with E-state index in [9.17, 15) is 0 Å². The van der Waals surface area contributed by atoms with E-state index < -0.39 is 0 Å². The van der Waals surface area contributed by atoms with Crippen molar-refractivity contribution in [1.29, 1.82) is 0 Å². The summed E-state index contributed by atoms with van der Waals surface area (Å²) in [6, 6.07) is 0.188. The summed E-state index contributed by atoms with van der Waals surface area (Å²) in [7, 11) is 0. The van der Waals surface area contributed by atoms with Crippen LogP contribution in [0.15, 0.2) is 0 Å². The van der Waals surface area contributed by atoms with Gasteiger partial charge in [0.05, 0.1) is 11.4 Å². The van der Waals surface area contributed by atoms with Crippen LogP contribution in [0.2, 0.25) is 5.28 Å². The van der Waals surface area contributed by atoms with Crippen molar-refractivity contribution in [3.8, 4) is 0 Å². The third-order valence-electron chi connectivity index (χ3n) is 2.41. The Hall–Kier alpha value is -1.07. The highest BCUT2D eigenvalue weighted by atomic mass is 35.5. The van der Waals surface area contributed by atoms with Crippen LogP contribution in [0.3, 0.4) is 0 Å². The second kappa shape index (κ2) is 4.20. The van der Waals surface area contributed by atoms with Gasteiger partial charge in [-0.15, -0.1) is 0 Å². The molecule has 5 nitrogen and oxygen atoms in total. The van der Waals surface area contributed by atoms with Gasteiger partial charge in [-0.2, -0.15) is 4.98 Å². The SMILES string of the molecule is Cc1nc(Cl)nc2c1NCC(CCO)N2. The summed E-state index contributed by atoms with van der Waals surface area (Å²) in [5.74, 6) is 0.720. The Balaban J connectivity index is 2.25. The number of aromatic nitrogens is 2. The molecule has 0 aromatic carbocycles. The molecule has 1 aromatic heterocycles. The molecular weight excluding hydrogens is 216 g/mol. The Kier molecular flexibility index (Phi) is 2.93. The highest BCUT2D eigenvalue weighted by Gasteiger charge is 2.20. The highest BCUT2D eigenvalue weighted by Crippen LogP contribution is 2.28. The van der Waals surface area contributed by atoms with Gasteiger partial charge in [-0.3, -0.25) is 0 Å². The average Bonchev–Trinajstić information content (AvgIpc) is 2.17. The first-order valence-corrected chi connectivity index (χ1v) is 5.24. The Morgan fingerprint density at radius 1 is 1.53 bits per heavy atom. The molecular formula is C9H13ClN4O. The predicted octanol–water partition coefficient (Wildman–Crippen LogP) is 1.03. The van der Waals surface area contributed by atoms with Crippen molar-refractivity contribution >= 4 is 23.1 Å². The summed E-state index contributed by atoms with van der Waals surface area (Å²) >= 11 is 5.77. The molecule has 2 heterocycles. The van der Waals surface area contributed by atoms with E-state index in [1.807, 2.05) is 6.92 Å². The molecule has 15 heavy (non-hydrogen) atoms. The number of fused-ring (bicyclic) bond motifs is 1. The summed E-state index contributed by atoms with van der Waals surface area (Å²) < 4.78 is 0. The minimum Gasteiger partial charge on any atom is -0.396 e. The molecule has 1 aliphatic heterocycles. The van der Waals surface area contributed by atoms with Crippen molar-refractivity contribution in [2.24, 2.45) is 0 Å². The zero-order chi connectivity index (χ0) is 10.8. The molecule has 2 rings (SSSR count). The van der Waals surface area contributed by atoms with Gasteiger partial charge in [0.2, 0.25) is 5.28 Å². The number of hydrogen-bond acceptors (Lipinski definition) is 5. The summed E-state index contributed by atoms with van der Waals surface area (Å²) in [4.78, 5) is 8.17. The van der Waals surface area contributed by atoms with E-state index in [4.69, 9.17) is 16.7 Å². The quantitative estimate of drug-likeness (QED) is 0.660. The largest absolute Gasteiger partial charge is 0.396 e. The van der Waals surface area contributed by atoms with Crippen LogP contribution >= 0.6 is 11.6 Å². The Morgan fingerprint density at radius 2 is 2.33 bits per heavy atom. The molecule has 0 spiro atoms. The van der Waals surface area contributed by atoms with Gasteiger partial charge in [-0.1, -0.05) is 0 Å². The average molecular weight is 229 g/mol. The minimum absolute atomic E-state index is 0.159. The molecule has 1 atom stereocenters. The van der Waals surface area contributed by atoms with Gasteiger partial charge in [0, 0.05) is 19.2 Å². The van der Waals surface area contributed by atoms with Crippen molar-refractivity contribution in [3.05, 3.63) is 11.0 Å². The van der Waals surface area contributed by atoms with E-state index in [0.717, 1.165) is 23.7 Å². The number of nitrogens with one attached hydrogen (secondary N) is 2. The van der Waals surface area contributed by atoms with E-state index >= 15 is 0 Å². The number of aliphatic hydroxyl groups is 1. The first kappa shape index (κ1) is 10.4. The van der Waals surface area contributed by atoms with Crippen LogP contribution in [0.1, 0.15) is 12.1 Å². The zero-order valence-corrected chi connectivity index (χ0v) is 9.17. The monoisotopic (exact) mass is 228 g/mol. The van der Waals surface area contributed by atoms with E-state index in [2.05, 4.69) is 20.6 Å². The zero-order valence-electron chi connectivity index (χ0n) is 8.42. The fourth-order valence-electron chi connectivity index (χ4n) is 1.65. The van der Waals surface area contributed by atoms with Gasteiger partial charge in [0.15, 0.2) is 5.82 Å². The molecule has 1 unspecified atom stereocenters. The number of anilines is 2. The molecule has 6 heteroatoms. The Bertz CT molecular complexity index is 371. The predicted molar refractivity (Wildman–Crippen MR) is 59.4 cm³/mol. The maximum atomic E-state index is 8.85. The maximum Gasteiger partial charge on any atom is 0.224 e. The minimum atomic E-state index is 0.159. The first-order valence-electron chi connectivity index (χ1n) is 4.86. The molecule has 0 saturated heterocycles. The lowest BCUT2D eigenvalue weighted by atomic mass is 10.1. The standard InChI is InChI=1S/C9H13ClN4O/c1-5-7-8(14-9(10)12-5)13-6(2-3-15)4-11-7/h6,11,15H,2-4H2,1H3,(H,12,13,14). The smallest absolute Gasteiger partial charge is 0.224 e. The fraction of sp³-hybridized carbons (Fsp3) is 0.556. The van der Waals surface area contributed by atoms with Crippen LogP contribution in [-0.4, -0.2) is 34.3 Å². The first-order chi connectivity index (χ1) is 7.20. The molecule has 1 aromatic rings. The van der Waals surface area contributed by atoms with Gasteiger partial charge in [-0.05, 0) is 24.9 Å². The number of aryl methyl sites for hydroxylation is 1. The van der Waals surface area contributed by atoms with Crippen molar-refractivity contribution in [1.82, 2.24) is 9.97 Å². The molecule has 3 N–H and O–H groups in total. The third kappa shape index (κ3) is 2.13. The normalized spacial score (nSPS) is 19.0. The molecule has 0 fully saturated rings. The molecule has 82 valence electrons. The Labute approximate surface area is 92.9 Å². The van der Waals surface area contributed by atoms with Crippen molar-refractivity contribution in [2.75, 3.05) is 23.8 Å². The van der Waals surface area contributed by atoms with Gasteiger partial charge in [0.1, 0.15) is 0 Å². The summed E-state index contributed by atoms with van der Waals surface area (Å²) in [5.41, 5.74) is 1.73. The number of aliphatic hydroxyl groups excluding tert-OH is 1. The highest BCUT2D eigenvalue weighted by molar-refractivity contribution is 6.28. The second-order valence-electron chi connectivity index (χ2n) is 3.54. The van der Waals surface area contributed by atoms with E-state index in [1.54, 1.807) is 0 Å². The lowest BCUT2D eigenvalue weighted by Crippen LogP contribution is -2.34. The van der Waals surface area contributed by atoms with E-state index in [-0.39, 0.29) is 17.9 Å². The topological polar surface area (TPSA) is 70.1 Å². The third-order valence-corrected chi connectivity index (χ3v) is 2.58.